The molecular formula is C16H23N. The van der Waals surface area contributed by atoms with Crippen LogP contribution in [0.3, 0.4) is 0 Å². The van der Waals surface area contributed by atoms with Crippen molar-refractivity contribution in [2.24, 2.45) is 5.92 Å². The molecule has 92 valence electrons. The Kier molecular flexibility index (Phi) is 2.55. The van der Waals surface area contributed by atoms with Gasteiger partial charge in [-0.15, -0.1) is 0 Å². The standard InChI is InChI=1S/C16H23N/c1-4-16-9-10-17(3)15(12(16)2)11-13-7-5-6-8-14(13)16/h5-8,12,15H,4,9-11H2,1-3H3/t12-,15-,16+/m0/s1. The summed E-state index contributed by atoms with van der Waals surface area (Å²) < 4.78 is 0. The number of hydrogen-bond donors (Lipinski definition) is 0. The van der Waals surface area contributed by atoms with Gasteiger partial charge < -0.3 is 4.90 Å². The van der Waals surface area contributed by atoms with E-state index < -0.39 is 0 Å². The van der Waals surface area contributed by atoms with Gasteiger partial charge in [-0.2, -0.15) is 0 Å². The van der Waals surface area contributed by atoms with Gasteiger partial charge in [-0.3, -0.25) is 0 Å². The van der Waals surface area contributed by atoms with Crippen molar-refractivity contribution in [2.75, 3.05) is 13.6 Å². The van der Waals surface area contributed by atoms with Crippen molar-refractivity contribution in [1.29, 1.82) is 0 Å². The highest BCUT2D eigenvalue weighted by Crippen LogP contribution is 2.50. The Labute approximate surface area is 105 Å². The third-order valence-electron chi connectivity index (χ3n) is 5.54. The van der Waals surface area contributed by atoms with Gasteiger partial charge in [-0.1, -0.05) is 38.1 Å². The van der Waals surface area contributed by atoms with Crippen molar-refractivity contribution in [1.82, 2.24) is 4.90 Å². The summed E-state index contributed by atoms with van der Waals surface area (Å²) in [6.07, 6.45) is 3.86. The molecule has 0 spiro atoms. The number of rotatable bonds is 1. The Morgan fingerprint density at radius 1 is 1.35 bits per heavy atom. The van der Waals surface area contributed by atoms with Crippen LogP contribution in [-0.2, 0) is 11.8 Å². The summed E-state index contributed by atoms with van der Waals surface area (Å²) in [7, 11) is 2.30. The lowest BCUT2D eigenvalue weighted by Gasteiger charge is -2.55. The largest absolute Gasteiger partial charge is 0.303 e. The Morgan fingerprint density at radius 3 is 2.88 bits per heavy atom. The van der Waals surface area contributed by atoms with Gasteiger partial charge >= 0.3 is 0 Å². The molecule has 3 rings (SSSR count). The van der Waals surface area contributed by atoms with Crippen LogP contribution < -0.4 is 0 Å². The molecule has 0 N–H and O–H groups in total. The molecule has 1 heteroatoms. The minimum Gasteiger partial charge on any atom is -0.303 e. The summed E-state index contributed by atoms with van der Waals surface area (Å²) in [5, 5.41) is 0. The van der Waals surface area contributed by atoms with Gasteiger partial charge in [0.05, 0.1) is 0 Å². The van der Waals surface area contributed by atoms with Crippen LogP contribution in [0.25, 0.3) is 0 Å². The lowest BCUT2D eigenvalue weighted by atomic mass is 9.57. The summed E-state index contributed by atoms with van der Waals surface area (Å²) in [5.41, 5.74) is 3.70. The van der Waals surface area contributed by atoms with Crippen LogP contribution in [0.15, 0.2) is 24.3 Å². The normalized spacial score (nSPS) is 36.6. The number of nitrogens with zero attached hydrogens (tertiary/aromatic N) is 1. The monoisotopic (exact) mass is 229 g/mol. The van der Waals surface area contributed by atoms with E-state index in [1.807, 2.05) is 0 Å². The van der Waals surface area contributed by atoms with E-state index in [0.29, 0.717) is 5.41 Å². The zero-order chi connectivity index (χ0) is 12.0. The van der Waals surface area contributed by atoms with Crippen molar-refractivity contribution in [3.63, 3.8) is 0 Å². The fraction of sp³-hybridized carbons (Fsp3) is 0.625. The molecule has 1 aliphatic heterocycles. The van der Waals surface area contributed by atoms with Crippen LogP contribution in [0.1, 0.15) is 37.8 Å². The number of benzene rings is 1. The first kappa shape index (κ1) is 11.3. The average molecular weight is 229 g/mol. The highest BCUT2D eigenvalue weighted by atomic mass is 15.1. The van der Waals surface area contributed by atoms with E-state index >= 15 is 0 Å². The van der Waals surface area contributed by atoms with Crippen LogP contribution >= 0.6 is 0 Å². The second-order valence-electron chi connectivity index (χ2n) is 5.96. The molecule has 0 amide bonds. The van der Waals surface area contributed by atoms with E-state index in [1.54, 1.807) is 11.1 Å². The molecule has 17 heavy (non-hydrogen) atoms. The second-order valence-corrected chi connectivity index (χ2v) is 5.96. The Hall–Kier alpha value is -0.820. The van der Waals surface area contributed by atoms with Crippen molar-refractivity contribution in [2.45, 2.75) is 44.6 Å². The fourth-order valence-electron chi connectivity index (χ4n) is 4.33. The molecule has 0 unspecified atom stereocenters. The van der Waals surface area contributed by atoms with Crippen LogP contribution in [0.4, 0.5) is 0 Å². The van der Waals surface area contributed by atoms with E-state index in [4.69, 9.17) is 0 Å². The molecule has 1 aliphatic carbocycles. The van der Waals surface area contributed by atoms with Gasteiger partial charge in [0.1, 0.15) is 0 Å². The van der Waals surface area contributed by atoms with Crippen LogP contribution in [0.2, 0.25) is 0 Å². The van der Waals surface area contributed by atoms with Crippen molar-refractivity contribution in [3.05, 3.63) is 35.4 Å². The molecule has 1 nitrogen and oxygen atoms in total. The zero-order valence-electron chi connectivity index (χ0n) is 11.2. The smallest absolute Gasteiger partial charge is 0.0167 e. The van der Waals surface area contributed by atoms with Gasteiger partial charge in [0.25, 0.3) is 0 Å². The quantitative estimate of drug-likeness (QED) is 0.714. The lowest BCUT2D eigenvalue weighted by Crippen LogP contribution is -2.57. The molecule has 1 aromatic carbocycles. The van der Waals surface area contributed by atoms with Crippen molar-refractivity contribution < 1.29 is 0 Å². The number of fused-ring (bicyclic) bond motifs is 4. The third kappa shape index (κ3) is 1.41. The van der Waals surface area contributed by atoms with E-state index in [-0.39, 0.29) is 0 Å². The Bertz CT molecular complexity index is 425. The third-order valence-corrected chi connectivity index (χ3v) is 5.54. The molecule has 1 aromatic rings. The first-order chi connectivity index (χ1) is 8.19. The summed E-state index contributed by atoms with van der Waals surface area (Å²) in [6, 6.07) is 9.91. The summed E-state index contributed by atoms with van der Waals surface area (Å²) in [4.78, 5) is 2.58. The van der Waals surface area contributed by atoms with Crippen molar-refractivity contribution >= 4 is 0 Å². The summed E-state index contributed by atoms with van der Waals surface area (Å²) >= 11 is 0. The maximum absolute atomic E-state index is 2.58. The highest BCUT2D eigenvalue weighted by Gasteiger charge is 2.48. The molecule has 2 bridgehead atoms. The van der Waals surface area contributed by atoms with E-state index in [9.17, 15) is 0 Å². The predicted molar refractivity (Wildman–Crippen MR) is 72.3 cm³/mol. The Morgan fingerprint density at radius 2 is 2.12 bits per heavy atom. The average Bonchev–Trinajstić information content (AvgIpc) is 2.35. The fourth-order valence-corrected chi connectivity index (χ4v) is 4.33. The molecular weight excluding hydrogens is 206 g/mol. The first-order valence-electron chi connectivity index (χ1n) is 6.97. The van der Waals surface area contributed by atoms with Crippen LogP contribution in [-0.4, -0.2) is 24.5 Å². The molecule has 2 aliphatic rings. The van der Waals surface area contributed by atoms with E-state index in [1.165, 1.54) is 25.8 Å². The zero-order valence-corrected chi connectivity index (χ0v) is 11.2. The number of likely N-dealkylation sites (tertiary alicyclic amines) is 1. The molecule has 1 heterocycles. The minimum atomic E-state index is 0.450. The topological polar surface area (TPSA) is 3.24 Å². The molecule has 0 aromatic heterocycles. The highest BCUT2D eigenvalue weighted by molar-refractivity contribution is 5.40. The summed E-state index contributed by atoms with van der Waals surface area (Å²) in [5.74, 6) is 0.793. The van der Waals surface area contributed by atoms with Gasteiger partial charge in [0.2, 0.25) is 0 Å². The minimum absolute atomic E-state index is 0.450. The van der Waals surface area contributed by atoms with Gasteiger partial charge in [0.15, 0.2) is 0 Å². The molecule has 0 saturated carbocycles. The second kappa shape index (κ2) is 3.84. The number of likely N-dealkylation sites (N-methyl/N-ethyl adjacent to an activating group) is 1. The predicted octanol–water partition coefficient (Wildman–Crippen LogP) is 3.23. The van der Waals surface area contributed by atoms with Crippen LogP contribution in [0.5, 0.6) is 0 Å². The maximum atomic E-state index is 2.58. The summed E-state index contributed by atoms with van der Waals surface area (Å²) in [6.45, 7) is 6.11. The first-order valence-corrected chi connectivity index (χ1v) is 6.97. The number of piperidine rings is 1. The molecule has 3 atom stereocenters. The molecule has 0 radical (unpaired) electrons. The van der Waals surface area contributed by atoms with Gasteiger partial charge in [0, 0.05) is 11.5 Å². The van der Waals surface area contributed by atoms with Gasteiger partial charge in [-0.25, -0.2) is 0 Å². The van der Waals surface area contributed by atoms with Gasteiger partial charge in [-0.05, 0) is 49.9 Å². The number of hydrogen-bond acceptors (Lipinski definition) is 1. The maximum Gasteiger partial charge on any atom is 0.0167 e. The van der Waals surface area contributed by atoms with Crippen LogP contribution in [0, 0.1) is 5.92 Å². The SMILES string of the molecule is CC[C@]12CCN(C)[C@@H](Cc3ccccc31)[C@@H]2C. The van der Waals surface area contributed by atoms with Crippen molar-refractivity contribution in [3.8, 4) is 0 Å². The molecule has 1 fully saturated rings. The van der Waals surface area contributed by atoms with E-state index in [2.05, 4.69) is 50.1 Å². The Balaban J connectivity index is 2.16. The van der Waals surface area contributed by atoms with E-state index in [0.717, 1.165) is 12.0 Å². The molecule has 1 saturated heterocycles. The lowest BCUT2D eigenvalue weighted by molar-refractivity contribution is 0.0386.